The van der Waals surface area contributed by atoms with Gasteiger partial charge in [0.1, 0.15) is 0 Å². The molecule has 1 heterocycles. The van der Waals surface area contributed by atoms with Crippen LogP contribution in [0.4, 0.5) is 10.5 Å². The number of halogens is 2. The number of carbonyl (C=O) groups is 2. The number of ether oxygens (including phenoxy) is 1. The van der Waals surface area contributed by atoms with Crippen LogP contribution in [0.25, 0.3) is 0 Å². The van der Waals surface area contributed by atoms with E-state index in [1.807, 2.05) is 0 Å². The van der Waals surface area contributed by atoms with Crippen LogP contribution in [0.1, 0.15) is 12.8 Å². The number of esters is 1. The molecule has 0 unspecified atom stereocenters. The van der Waals surface area contributed by atoms with E-state index in [4.69, 9.17) is 27.9 Å². The van der Waals surface area contributed by atoms with Gasteiger partial charge in [0, 0.05) is 18.8 Å². The van der Waals surface area contributed by atoms with Crippen molar-refractivity contribution < 1.29 is 14.3 Å². The van der Waals surface area contributed by atoms with Crippen molar-refractivity contribution in [3.63, 3.8) is 0 Å². The Morgan fingerprint density at radius 3 is 2.76 bits per heavy atom. The fourth-order valence-corrected chi connectivity index (χ4v) is 2.60. The minimum Gasteiger partial charge on any atom is -0.469 e. The molecule has 21 heavy (non-hydrogen) atoms. The SMILES string of the molecule is COC(=O)[C@H]1CCCN(C(=O)Nc2ccc(Cl)c(Cl)c2)C1. The molecule has 0 bridgehead atoms. The van der Waals surface area contributed by atoms with Crippen molar-refractivity contribution >= 4 is 40.9 Å². The van der Waals surface area contributed by atoms with E-state index in [-0.39, 0.29) is 17.9 Å². The zero-order valence-corrected chi connectivity index (χ0v) is 13.1. The zero-order valence-electron chi connectivity index (χ0n) is 11.6. The first-order valence-electron chi connectivity index (χ1n) is 6.60. The summed E-state index contributed by atoms with van der Waals surface area (Å²) in [5.74, 6) is -0.537. The van der Waals surface area contributed by atoms with Crippen LogP contribution < -0.4 is 5.32 Å². The van der Waals surface area contributed by atoms with Crippen LogP contribution in [0, 0.1) is 5.92 Å². The quantitative estimate of drug-likeness (QED) is 0.845. The van der Waals surface area contributed by atoms with E-state index >= 15 is 0 Å². The molecule has 114 valence electrons. The van der Waals surface area contributed by atoms with E-state index in [1.165, 1.54) is 7.11 Å². The summed E-state index contributed by atoms with van der Waals surface area (Å²) in [4.78, 5) is 25.4. The maximum Gasteiger partial charge on any atom is 0.321 e. The first-order valence-corrected chi connectivity index (χ1v) is 7.35. The fourth-order valence-electron chi connectivity index (χ4n) is 2.30. The lowest BCUT2D eigenvalue weighted by atomic mass is 9.98. The van der Waals surface area contributed by atoms with Gasteiger partial charge in [-0.05, 0) is 31.0 Å². The average Bonchev–Trinajstić information content (AvgIpc) is 2.50. The average molecular weight is 331 g/mol. The molecule has 0 aliphatic carbocycles. The summed E-state index contributed by atoms with van der Waals surface area (Å²) in [5.41, 5.74) is 0.564. The van der Waals surface area contributed by atoms with Gasteiger partial charge >= 0.3 is 12.0 Å². The largest absolute Gasteiger partial charge is 0.469 e. The van der Waals surface area contributed by atoms with Gasteiger partial charge < -0.3 is 15.0 Å². The molecular weight excluding hydrogens is 315 g/mol. The number of methoxy groups -OCH3 is 1. The van der Waals surface area contributed by atoms with Crippen molar-refractivity contribution in [2.24, 2.45) is 5.92 Å². The highest BCUT2D eigenvalue weighted by Gasteiger charge is 2.29. The Balaban J connectivity index is 1.99. The number of nitrogens with one attached hydrogen (secondary N) is 1. The van der Waals surface area contributed by atoms with Crippen LogP contribution in [0.3, 0.4) is 0 Å². The summed E-state index contributed by atoms with van der Waals surface area (Å²) >= 11 is 11.7. The van der Waals surface area contributed by atoms with Gasteiger partial charge in [-0.15, -0.1) is 0 Å². The van der Waals surface area contributed by atoms with Gasteiger partial charge in [-0.2, -0.15) is 0 Å². The summed E-state index contributed by atoms with van der Waals surface area (Å²) in [6.07, 6.45) is 1.51. The van der Waals surface area contributed by atoms with Crippen LogP contribution in [-0.2, 0) is 9.53 Å². The van der Waals surface area contributed by atoms with Crippen molar-refractivity contribution in [3.05, 3.63) is 28.2 Å². The third kappa shape index (κ3) is 4.02. The van der Waals surface area contributed by atoms with E-state index < -0.39 is 0 Å². The second-order valence-corrected chi connectivity index (χ2v) is 5.68. The Hall–Kier alpha value is -1.46. The second kappa shape index (κ2) is 7.00. The molecule has 1 N–H and O–H groups in total. The van der Waals surface area contributed by atoms with E-state index in [9.17, 15) is 9.59 Å². The molecule has 0 saturated carbocycles. The topological polar surface area (TPSA) is 58.6 Å². The summed E-state index contributed by atoms with van der Waals surface area (Å²) < 4.78 is 4.74. The highest BCUT2D eigenvalue weighted by molar-refractivity contribution is 6.42. The van der Waals surface area contributed by atoms with Gasteiger partial charge in [0.25, 0.3) is 0 Å². The van der Waals surface area contributed by atoms with Crippen molar-refractivity contribution in [2.45, 2.75) is 12.8 Å². The van der Waals surface area contributed by atoms with Gasteiger partial charge in [-0.3, -0.25) is 4.79 Å². The third-order valence-corrected chi connectivity index (χ3v) is 4.15. The van der Waals surface area contributed by atoms with Crippen molar-refractivity contribution in [3.8, 4) is 0 Å². The number of piperidine rings is 1. The van der Waals surface area contributed by atoms with Gasteiger partial charge in [0.2, 0.25) is 0 Å². The Morgan fingerprint density at radius 2 is 2.10 bits per heavy atom. The fraction of sp³-hybridized carbons (Fsp3) is 0.429. The number of amides is 2. The summed E-state index contributed by atoms with van der Waals surface area (Å²) in [5, 5.41) is 3.55. The smallest absolute Gasteiger partial charge is 0.321 e. The lowest BCUT2D eigenvalue weighted by Gasteiger charge is -2.31. The minimum atomic E-state index is -0.276. The zero-order chi connectivity index (χ0) is 15.4. The molecule has 7 heteroatoms. The Kier molecular flexibility index (Phi) is 5.31. The van der Waals surface area contributed by atoms with Crippen molar-refractivity contribution in [1.29, 1.82) is 0 Å². The maximum atomic E-state index is 12.2. The lowest BCUT2D eigenvalue weighted by molar-refractivity contribution is -0.146. The molecular formula is C14H16Cl2N2O3. The molecule has 1 aliphatic heterocycles. The predicted octanol–water partition coefficient (Wildman–Crippen LogP) is 3.41. The number of rotatable bonds is 2. The third-order valence-electron chi connectivity index (χ3n) is 3.41. The van der Waals surface area contributed by atoms with E-state index in [1.54, 1.807) is 23.1 Å². The standard InChI is InChI=1S/C14H16Cl2N2O3/c1-21-13(19)9-3-2-6-18(8-9)14(20)17-10-4-5-11(15)12(16)7-10/h4-5,7,9H,2-3,6,8H2,1H3,(H,17,20)/t9-/m0/s1. The van der Waals surface area contributed by atoms with Crippen LogP contribution in [-0.4, -0.2) is 37.1 Å². The summed E-state index contributed by atoms with van der Waals surface area (Å²) in [6, 6.07) is 4.62. The lowest BCUT2D eigenvalue weighted by Crippen LogP contribution is -2.44. The molecule has 0 radical (unpaired) electrons. The Bertz CT molecular complexity index is 551. The van der Waals surface area contributed by atoms with E-state index in [2.05, 4.69) is 5.32 Å². The van der Waals surface area contributed by atoms with Crippen LogP contribution in [0.2, 0.25) is 10.0 Å². The van der Waals surface area contributed by atoms with E-state index in [0.29, 0.717) is 28.8 Å². The van der Waals surface area contributed by atoms with Gasteiger partial charge in [-0.1, -0.05) is 23.2 Å². The predicted molar refractivity (Wildman–Crippen MR) is 81.8 cm³/mol. The van der Waals surface area contributed by atoms with Gasteiger partial charge in [0.05, 0.1) is 23.1 Å². The summed E-state index contributed by atoms with van der Waals surface area (Å²) in [7, 11) is 1.36. The van der Waals surface area contributed by atoms with Gasteiger partial charge in [-0.25, -0.2) is 4.79 Å². The molecule has 1 aromatic rings. The van der Waals surface area contributed by atoms with E-state index in [0.717, 1.165) is 12.8 Å². The number of hydrogen-bond acceptors (Lipinski definition) is 3. The number of likely N-dealkylation sites (tertiary alicyclic amines) is 1. The number of hydrogen-bond donors (Lipinski definition) is 1. The van der Waals surface area contributed by atoms with Crippen molar-refractivity contribution in [1.82, 2.24) is 4.90 Å². The monoisotopic (exact) mass is 330 g/mol. The molecule has 1 atom stereocenters. The molecule has 1 aromatic carbocycles. The van der Waals surface area contributed by atoms with Crippen LogP contribution in [0.15, 0.2) is 18.2 Å². The first kappa shape index (κ1) is 15.9. The van der Waals surface area contributed by atoms with Crippen molar-refractivity contribution in [2.75, 3.05) is 25.5 Å². The maximum absolute atomic E-state index is 12.2. The number of nitrogens with zero attached hydrogens (tertiary/aromatic N) is 1. The molecule has 1 aliphatic rings. The molecule has 1 saturated heterocycles. The van der Waals surface area contributed by atoms with Gasteiger partial charge in [0.15, 0.2) is 0 Å². The highest BCUT2D eigenvalue weighted by atomic mass is 35.5. The first-order chi connectivity index (χ1) is 10.0. The van der Waals surface area contributed by atoms with Crippen LogP contribution >= 0.6 is 23.2 Å². The molecule has 2 amide bonds. The minimum absolute atomic E-state index is 0.261. The normalized spacial score (nSPS) is 18.2. The number of benzene rings is 1. The molecule has 5 nitrogen and oxygen atoms in total. The second-order valence-electron chi connectivity index (χ2n) is 4.87. The number of urea groups is 1. The number of anilines is 1. The molecule has 2 rings (SSSR count). The number of carbonyl (C=O) groups excluding carboxylic acids is 2. The molecule has 0 spiro atoms. The Labute approximate surface area is 133 Å². The highest BCUT2D eigenvalue weighted by Crippen LogP contribution is 2.25. The molecule has 1 fully saturated rings. The Morgan fingerprint density at radius 1 is 1.33 bits per heavy atom. The van der Waals surface area contributed by atoms with Crippen LogP contribution in [0.5, 0.6) is 0 Å². The molecule has 0 aromatic heterocycles. The summed E-state index contributed by atoms with van der Waals surface area (Å²) in [6.45, 7) is 0.973.